The molecule has 0 spiro atoms. The van der Waals surface area contributed by atoms with Gasteiger partial charge in [0.2, 0.25) is 5.96 Å². The largest absolute Gasteiger partial charge is 0.479 e. The van der Waals surface area contributed by atoms with Crippen LogP contribution in [-0.4, -0.2) is 46.7 Å². The van der Waals surface area contributed by atoms with Gasteiger partial charge in [-0.15, -0.1) is 0 Å². The molecule has 3 N–H and O–H groups in total. The molecule has 1 unspecified atom stereocenters. The SMILES string of the molecule is NC1=NC(=O)C2=NC(C(=O)O)C=NC2=N1. The Bertz CT molecular complexity index is 473. The molecule has 2 heterocycles. The Morgan fingerprint density at radius 2 is 2.20 bits per heavy atom. The fourth-order valence-electron chi connectivity index (χ4n) is 1.07. The third kappa shape index (κ3) is 1.52. The zero-order valence-corrected chi connectivity index (χ0v) is 7.28. The first kappa shape index (κ1) is 9.19. The van der Waals surface area contributed by atoms with E-state index in [9.17, 15) is 9.59 Å². The van der Waals surface area contributed by atoms with Crippen LogP contribution in [-0.2, 0) is 9.59 Å². The van der Waals surface area contributed by atoms with E-state index in [1.54, 1.807) is 0 Å². The molecule has 0 radical (unpaired) electrons. The summed E-state index contributed by atoms with van der Waals surface area (Å²) in [6.45, 7) is 0. The molecule has 2 rings (SSSR count). The molecule has 0 fully saturated rings. The predicted octanol–water partition coefficient (Wildman–Crippen LogP) is -1.78. The molecule has 0 saturated carbocycles. The number of hydrogen-bond donors (Lipinski definition) is 2. The molecule has 15 heavy (non-hydrogen) atoms. The normalized spacial score (nSPS) is 23.9. The number of hydrogen-bond acceptors (Lipinski definition) is 6. The first-order valence-corrected chi connectivity index (χ1v) is 3.90. The van der Waals surface area contributed by atoms with Crippen molar-refractivity contribution in [2.24, 2.45) is 25.7 Å². The van der Waals surface area contributed by atoms with Gasteiger partial charge in [0.15, 0.2) is 17.6 Å². The third-order valence-electron chi connectivity index (χ3n) is 1.71. The van der Waals surface area contributed by atoms with Gasteiger partial charge in [0, 0.05) is 6.21 Å². The number of amidine groups is 1. The number of nitrogens with two attached hydrogens (primary N) is 1. The Hall–Kier alpha value is -2.38. The van der Waals surface area contributed by atoms with E-state index in [-0.39, 0.29) is 17.5 Å². The van der Waals surface area contributed by atoms with Crippen LogP contribution in [0.4, 0.5) is 0 Å². The number of carbonyl (C=O) groups is 2. The number of carboxylic acid groups (broad SMARTS) is 1. The van der Waals surface area contributed by atoms with E-state index in [0.717, 1.165) is 6.21 Å². The average Bonchev–Trinajstić information content (AvgIpc) is 2.16. The molecule has 0 aliphatic carbocycles. The van der Waals surface area contributed by atoms with Crippen molar-refractivity contribution in [1.82, 2.24) is 0 Å². The fourth-order valence-corrected chi connectivity index (χ4v) is 1.07. The number of fused-ring (bicyclic) bond motifs is 1. The zero-order chi connectivity index (χ0) is 11.0. The second-order valence-electron chi connectivity index (χ2n) is 2.75. The van der Waals surface area contributed by atoms with Gasteiger partial charge in [-0.2, -0.15) is 9.98 Å². The van der Waals surface area contributed by atoms with Crippen LogP contribution in [0.2, 0.25) is 0 Å². The molecule has 0 aromatic heterocycles. The first-order valence-electron chi connectivity index (χ1n) is 3.90. The number of aliphatic imine (C=N–C) groups is 4. The van der Waals surface area contributed by atoms with Crippen LogP contribution in [0.1, 0.15) is 0 Å². The van der Waals surface area contributed by atoms with Gasteiger partial charge >= 0.3 is 11.9 Å². The van der Waals surface area contributed by atoms with Crippen LogP contribution in [0.15, 0.2) is 20.0 Å². The van der Waals surface area contributed by atoms with Crippen molar-refractivity contribution in [2.45, 2.75) is 6.04 Å². The Labute approximate surface area is 83.0 Å². The Kier molecular flexibility index (Phi) is 1.89. The van der Waals surface area contributed by atoms with E-state index in [1.165, 1.54) is 0 Å². The highest BCUT2D eigenvalue weighted by Gasteiger charge is 2.29. The topological polar surface area (TPSA) is 130 Å². The van der Waals surface area contributed by atoms with Gasteiger partial charge in [-0.3, -0.25) is 9.79 Å². The smallest absolute Gasteiger partial charge is 0.334 e. The Balaban J connectivity index is 2.42. The van der Waals surface area contributed by atoms with E-state index in [1.807, 2.05) is 0 Å². The molecule has 0 aromatic rings. The minimum Gasteiger partial charge on any atom is -0.479 e. The van der Waals surface area contributed by atoms with Crippen molar-refractivity contribution >= 4 is 35.6 Å². The third-order valence-corrected chi connectivity index (χ3v) is 1.71. The quantitative estimate of drug-likeness (QED) is 0.526. The second kappa shape index (κ2) is 3.08. The number of aliphatic carboxylic acids is 1. The van der Waals surface area contributed by atoms with E-state index in [4.69, 9.17) is 10.8 Å². The lowest BCUT2D eigenvalue weighted by Gasteiger charge is -2.13. The fraction of sp³-hybridized carbons (Fsp3) is 0.143. The summed E-state index contributed by atoms with van der Waals surface area (Å²) < 4.78 is 0. The molecular weight excluding hydrogens is 202 g/mol. The molecule has 76 valence electrons. The van der Waals surface area contributed by atoms with E-state index in [0.29, 0.717) is 0 Å². The molecular formula is C7H5N5O3. The number of amides is 1. The van der Waals surface area contributed by atoms with Crippen molar-refractivity contribution in [1.29, 1.82) is 0 Å². The van der Waals surface area contributed by atoms with Gasteiger partial charge in [0.05, 0.1) is 0 Å². The maximum atomic E-state index is 11.3. The Morgan fingerprint density at radius 3 is 2.87 bits per heavy atom. The summed E-state index contributed by atoms with van der Waals surface area (Å²) in [5.41, 5.74) is 5.06. The first-order chi connectivity index (χ1) is 7.08. The maximum absolute atomic E-state index is 11.3. The minimum atomic E-state index is -1.19. The summed E-state index contributed by atoms with van der Waals surface area (Å²) in [6, 6.07) is -1.17. The molecule has 0 bridgehead atoms. The van der Waals surface area contributed by atoms with Gasteiger partial charge in [-0.25, -0.2) is 9.79 Å². The lowest BCUT2D eigenvalue weighted by atomic mass is 10.2. The predicted molar refractivity (Wildman–Crippen MR) is 51.4 cm³/mol. The second-order valence-corrected chi connectivity index (χ2v) is 2.75. The van der Waals surface area contributed by atoms with Crippen molar-refractivity contribution in [3.63, 3.8) is 0 Å². The Morgan fingerprint density at radius 1 is 1.47 bits per heavy atom. The number of carboxylic acids is 1. The molecule has 8 heteroatoms. The summed E-state index contributed by atoms with van der Waals surface area (Å²) in [5, 5.41) is 8.66. The summed E-state index contributed by atoms with van der Waals surface area (Å²) >= 11 is 0. The van der Waals surface area contributed by atoms with Crippen molar-refractivity contribution in [3.8, 4) is 0 Å². The van der Waals surface area contributed by atoms with E-state index in [2.05, 4.69) is 20.0 Å². The van der Waals surface area contributed by atoms with Gasteiger partial charge < -0.3 is 10.8 Å². The van der Waals surface area contributed by atoms with Crippen LogP contribution in [0, 0.1) is 0 Å². The zero-order valence-electron chi connectivity index (χ0n) is 7.28. The summed E-state index contributed by atoms with van der Waals surface area (Å²) in [4.78, 5) is 36.2. The van der Waals surface area contributed by atoms with Crippen LogP contribution in [0.5, 0.6) is 0 Å². The molecule has 2 aliphatic heterocycles. The van der Waals surface area contributed by atoms with E-state index < -0.39 is 17.9 Å². The molecule has 2 aliphatic rings. The summed E-state index contributed by atoms with van der Waals surface area (Å²) in [5.74, 6) is -2.12. The molecule has 1 amide bonds. The van der Waals surface area contributed by atoms with Crippen LogP contribution < -0.4 is 5.73 Å². The molecule has 8 nitrogen and oxygen atoms in total. The number of rotatable bonds is 1. The summed E-state index contributed by atoms with van der Waals surface area (Å²) in [7, 11) is 0. The van der Waals surface area contributed by atoms with Crippen LogP contribution in [0.3, 0.4) is 0 Å². The summed E-state index contributed by atoms with van der Waals surface area (Å²) in [6.07, 6.45) is 1.08. The average molecular weight is 207 g/mol. The standard InChI is InChI=1S/C7H5N5O3/c8-7-11-4-3(5(13)12-7)10-2(1-9-4)6(14)15/h1-2H,(H,14,15)(H2,8,12,13). The van der Waals surface area contributed by atoms with Gasteiger partial charge in [0.25, 0.3) is 0 Å². The van der Waals surface area contributed by atoms with Gasteiger partial charge in [-0.05, 0) is 0 Å². The van der Waals surface area contributed by atoms with Gasteiger partial charge in [0.1, 0.15) is 0 Å². The molecule has 1 atom stereocenters. The highest BCUT2D eigenvalue weighted by Crippen LogP contribution is 2.06. The maximum Gasteiger partial charge on any atom is 0.334 e. The van der Waals surface area contributed by atoms with Crippen molar-refractivity contribution in [2.75, 3.05) is 0 Å². The highest BCUT2D eigenvalue weighted by atomic mass is 16.4. The van der Waals surface area contributed by atoms with Crippen LogP contribution in [0.25, 0.3) is 0 Å². The minimum absolute atomic E-state index is 0.00463. The number of guanidine groups is 1. The molecule has 0 aromatic carbocycles. The molecule has 0 saturated heterocycles. The van der Waals surface area contributed by atoms with Crippen molar-refractivity contribution < 1.29 is 14.7 Å². The van der Waals surface area contributed by atoms with Gasteiger partial charge in [-0.1, -0.05) is 0 Å². The number of carbonyl (C=O) groups excluding carboxylic acids is 1. The monoisotopic (exact) mass is 207 g/mol. The van der Waals surface area contributed by atoms with Crippen molar-refractivity contribution in [3.05, 3.63) is 0 Å². The number of nitrogens with zero attached hydrogens (tertiary/aromatic N) is 4. The van der Waals surface area contributed by atoms with E-state index >= 15 is 0 Å². The van der Waals surface area contributed by atoms with Crippen LogP contribution >= 0.6 is 0 Å². The highest BCUT2D eigenvalue weighted by molar-refractivity contribution is 6.70. The lowest BCUT2D eigenvalue weighted by molar-refractivity contribution is -0.136. The lowest BCUT2D eigenvalue weighted by Crippen LogP contribution is -2.37.